The summed E-state index contributed by atoms with van der Waals surface area (Å²) in [5.74, 6) is -0.922. The van der Waals surface area contributed by atoms with E-state index in [1.54, 1.807) is 0 Å². The van der Waals surface area contributed by atoms with Gasteiger partial charge in [-0.25, -0.2) is 17.9 Å². The van der Waals surface area contributed by atoms with Gasteiger partial charge in [0.05, 0.1) is 18.2 Å². The van der Waals surface area contributed by atoms with Gasteiger partial charge in [0.15, 0.2) is 0 Å². The molecule has 1 fully saturated rings. The van der Waals surface area contributed by atoms with Crippen LogP contribution >= 0.6 is 0 Å². The largest absolute Gasteiger partial charge is 0.481 e. The summed E-state index contributed by atoms with van der Waals surface area (Å²) in [4.78, 5) is 22.7. The van der Waals surface area contributed by atoms with Gasteiger partial charge in [0.25, 0.3) is 0 Å². The third-order valence-electron chi connectivity index (χ3n) is 3.43. The smallest absolute Gasteiger partial charge is 0.315 e. The first kappa shape index (κ1) is 17.7. The van der Waals surface area contributed by atoms with Crippen LogP contribution < -0.4 is 15.4 Å². The van der Waals surface area contributed by atoms with Crippen molar-refractivity contribution in [1.29, 1.82) is 0 Å². The minimum atomic E-state index is -3.21. The Labute approximate surface area is 124 Å². The molecule has 4 N–H and O–H groups in total. The van der Waals surface area contributed by atoms with E-state index >= 15 is 0 Å². The minimum Gasteiger partial charge on any atom is -0.481 e. The van der Waals surface area contributed by atoms with Crippen LogP contribution in [-0.4, -0.2) is 50.4 Å². The second-order valence-corrected chi connectivity index (χ2v) is 7.29. The SMILES string of the molecule is CS(=O)(=O)NCCCNC(=O)NC1(CC(=O)O)CCCC1. The maximum absolute atomic E-state index is 11.8. The Hall–Kier alpha value is -1.35. The lowest BCUT2D eigenvalue weighted by atomic mass is 9.93. The number of nitrogens with one attached hydrogen (secondary N) is 3. The molecule has 0 aromatic carbocycles. The van der Waals surface area contributed by atoms with Gasteiger partial charge in [-0.2, -0.15) is 0 Å². The summed E-state index contributed by atoms with van der Waals surface area (Å²) >= 11 is 0. The Morgan fingerprint density at radius 3 is 2.33 bits per heavy atom. The molecule has 2 amide bonds. The van der Waals surface area contributed by atoms with Gasteiger partial charge >= 0.3 is 12.0 Å². The Balaban J connectivity index is 2.30. The van der Waals surface area contributed by atoms with E-state index in [0.29, 0.717) is 25.8 Å². The molecular weight excluding hydrogens is 298 g/mol. The van der Waals surface area contributed by atoms with Crippen molar-refractivity contribution in [2.45, 2.75) is 44.1 Å². The fourth-order valence-corrected chi connectivity index (χ4v) is 3.04. The number of hydrogen-bond donors (Lipinski definition) is 4. The molecule has 0 atom stereocenters. The number of sulfonamides is 1. The van der Waals surface area contributed by atoms with Crippen molar-refractivity contribution in [1.82, 2.24) is 15.4 Å². The van der Waals surface area contributed by atoms with Gasteiger partial charge in [0.2, 0.25) is 10.0 Å². The van der Waals surface area contributed by atoms with Crippen LogP contribution in [0.3, 0.4) is 0 Å². The average molecular weight is 321 g/mol. The van der Waals surface area contributed by atoms with E-state index < -0.39 is 27.6 Å². The molecule has 21 heavy (non-hydrogen) atoms. The van der Waals surface area contributed by atoms with Gasteiger partial charge in [-0.15, -0.1) is 0 Å². The summed E-state index contributed by atoms with van der Waals surface area (Å²) in [5.41, 5.74) is -0.652. The number of carboxylic acids is 1. The first-order chi connectivity index (χ1) is 9.72. The molecule has 1 aliphatic carbocycles. The lowest BCUT2D eigenvalue weighted by molar-refractivity contribution is -0.138. The zero-order chi connectivity index (χ0) is 15.9. The number of aliphatic carboxylic acids is 1. The Morgan fingerprint density at radius 1 is 1.19 bits per heavy atom. The number of carbonyl (C=O) groups excluding carboxylic acids is 1. The Morgan fingerprint density at radius 2 is 1.81 bits per heavy atom. The maximum Gasteiger partial charge on any atom is 0.315 e. The van der Waals surface area contributed by atoms with Gasteiger partial charge in [0, 0.05) is 13.1 Å². The highest BCUT2D eigenvalue weighted by Gasteiger charge is 2.37. The topological polar surface area (TPSA) is 125 Å². The van der Waals surface area contributed by atoms with Crippen molar-refractivity contribution in [3.05, 3.63) is 0 Å². The molecule has 0 unspecified atom stereocenters. The van der Waals surface area contributed by atoms with Crippen LogP contribution in [-0.2, 0) is 14.8 Å². The van der Waals surface area contributed by atoms with E-state index in [2.05, 4.69) is 15.4 Å². The van der Waals surface area contributed by atoms with E-state index in [4.69, 9.17) is 5.11 Å². The molecule has 0 heterocycles. The molecule has 0 saturated heterocycles. The number of urea groups is 1. The predicted octanol–water partition coefficient (Wildman–Crippen LogP) is 0.0124. The molecule has 8 nitrogen and oxygen atoms in total. The highest BCUT2D eigenvalue weighted by molar-refractivity contribution is 7.88. The summed E-state index contributed by atoms with van der Waals surface area (Å²) in [6, 6.07) is -0.405. The molecule has 122 valence electrons. The minimum absolute atomic E-state index is 0.0734. The van der Waals surface area contributed by atoms with E-state index in [1.165, 1.54) is 0 Å². The van der Waals surface area contributed by atoms with Crippen LogP contribution in [0.15, 0.2) is 0 Å². The second kappa shape index (κ2) is 7.60. The molecule has 0 spiro atoms. The van der Waals surface area contributed by atoms with Crippen LogP contribution in [0.5, 0.6) is 0 Å². The third-order valence-corrected chi connectivity index (χ3v) is 4.16. The van der Waals surface area contributed by atoms with E-state index in [1.807, 2.05) is 0 Å². The van der Waals surface area contributed by atoms with Gasteiger partial charge in [-0.3, -0.25) is 4.79 Å². The maximum atomic E-state index is 11.8. The quantitative estimate of drug-likeness (QED) is 0.469. The van der Waals surface area contributed by atoms with Crippen molar-refractivity contribution in [2.24, 2.45) is 0 Å². The fourth-order valence-electron chi connectivity index (χ4n) is 2.52. The van der Waals surface area contributed by atoms with Gasteiger partial charge in [0.1, 0.15) is 0 Å². The summed E-state index contributed by atoms with van der Waals surface area (Å²) in [6.45, 7) is 0.566. The summed E-state index contributed by atoms with van der Waals surface area (Å²) in [7, 11) is -3.21. The van der Waals surface area contributed by atoms with Crippen molar-refractivity contribution in [3.8, 4) is 0 Å². The van der Waals surface area contributed by atoms with Crippen LogP contribution in [0.25, 0.3) is 0 Å². The molecule has 0 radical (unpaired) electrons. The van der Waals surface area contributed by atoms with Crippen LogP contribution in [0, 0.1) is 0 Å². The molecule has 0 aromatic rings. The highest BCUT2D eigenvalue weighted by Crippen LogP contribution is 2.32. The molecule has 0 aromatic heterocycles. The van der Waals surface area contributed by atoms with Gasteiger partial charge in [-0.05, 0) is 19.3 Å². The third kappa shape index (κ3) is 7.28. The number of amides is 2. The van der Waals surface area contributed by atoms with Crippen LogP contribution in [0.4, 0.5) is 4.79 Å². The zero-order valence-corrected chi connectivity index (χ0v) is 13.0. The standard InChI is InChI=1S/C12H23N3O5S/c1-21(19,20)14-8-4-7-13-11(18)15-12(9-10(16)17)5-2-3-6-12/h14H,2-9H2,1H3,(H,16,17)(H2,13,15,18). The predicted molar refractivity (Wildman–Crippen MR) is 77.4 cm³/mol. The first-order valence-corrected chi connectivity index (χ1v) is 8.84. The zero-order valence-electron chi connectivity index (χ0n) is 12.1. The number of hydrogen-bond acceptors (Lipinski definition) is 4. The highest BCUT2D eigenvalue weighted by atomic mass is 32.2. The summed E-state index contributed by atoms with van der Waals surface area (Å²) in [5, 5.41) is 14.3. The summed E-state index contributed by atoms with van der Waals surface area (Å²) in [6.07, 6.45) is 4.62. The lowest BCUT2D eigenvalue weighted by Crippen LogP contribution is -2.51. The Bertz CT molecular complexity index is 471. The first-order valence-electron chi connectivity index (χ1n) is 6.95. The molecule has 1 saturated carbocycles. The van der Waals surface area contributed by atoms with E-state index in [0.717, 1.165) is 19.1 Å². The van der Waals surface area contributed by atoms with Crippen molar-refractivity contribution < 1.29 is 23.1 Å². The molecule has 1 aliphatic rings. The molecule has 9 heteroatoms. The molecular formula is C12H23N3O5S. The molecule has 0 aliphatic heterocycles. The monoisotopic (exact) mass is 321 g/mol. The van der Waals surface area contributed by atoms with E-state index in [9.17, 15) is 18.0 Å². The average Bonchev–Trinajstić information content (AvgIpc) is 2.74. The van der Waals surface area contributed by atoms with Crippen LogP contribution in [0.2, 0.25) is 0 Å². The van der Waals surface area contributed by atoms with E-state index in [-0.39, 0.29) is 13.0 Å². The van der Waals surface area contributed by atoms with Crippen LogP contribution in [0.1, 0.15) is 38.5 Å². The molecule has 0 bridgehead atoms. The van der Waals surface area contributed by atoms with Gasteiger partial charge < -0.3 is 15.7 Å². The number of carboxylic acid groups (broad SMARTS) is 1. The van der Waals surface area contributed by atoms with Crippen molar-refractivity contribution in [2.75, 3.05) is 19.3 Å². The fraction of sp³-hybridized carbons (Fsp3) is 0.833. The van der Waals surface area contributed by atoms with Gasteiger partial charge in [-0.1, -0.05) is 12.8 Å². The number of rotatable bonds is 8. The second-order valence-electron chi connectivity index (χ2n) is 5.46. The number of carbonyl (C=O) groups is 2. The lowest BCUT2D eigenvalue weighted by Gasteiger charge is -2.28. The normalized spacial score (nSPS) is 17.4. The van der Waals surface area contributed by atoms with Crippen molar-refractivity contribution >= 4 is 22.0 Å². The van der Waals surface area contributed by atoms with Crippen molar-refractivity contribution in [3.63, 3.8) is 0 Å². The summed E-state index contributed by atoms with van der Waals surface area (Å²) < 4.78 is 24.0. The Kier molecular flexibility index (Phi) is 6.41. The molecule has 1 rings (SSSR count).